The highest BCUT2D eigenvalue weighted by Crippen LogP contribution is 2.30. The lowest BCUT2D eigenvalue weighted by atomic mass is 9.99. The van der Waals surface area contributed by atoms with Gasteiger partial charge in [-0.2, -0.15) is 13.2 Å². The van der Waals surface area contributed by atoms with Crippen molar-refractivity contribution in [3.8, 4) is 0 Å². The monoisotopic (exact) mass is 247 g/mol. The summed E-state index contributed by atoms with van der Waals surface area (Å²) in [4.78, 5) is 9.26. The highest BCUT2D eigenvalue weighted by atomic mass is 19.4. The van der Waals surface area contributed by atoms with Gasteiger partial charge in [0.05, 0.1) is 0 Å². The van der Waals surface area contributed by atoms with Crippen LogP contribution < -0.4 is 0 Å². The molecule has 0 saturated heterocycles. The lowest BCUT2D eigenvalue weighted by Gasteiger charge is -2.16. The molecule has 0 aliphatic carbocycles. The van der Waals surface area contributed by atoms with Crippen LogP contribution in [0.3, 0.4) is 0 Å². The fourth-order valence-corrected chi connectivity index (χ4v) is 1.52. The second kappa shape index (κ2) is 5.65. The Morgan fingerprint density at radius 2 is 1.82 bits per heavy atom. The minimum absolute atomic E-state index is 0.193. The molecule has 0 heterocycles. The Balaban J connectivity index is 2.59. The van der Waals surface area contributed by atoms with Crippen LogP contribution in [0.2, 0.25) is 0 Å². The third kappa shape index (κ3) is 4.84. The van der Waals surface area contributed by atoms with E-state index >= 15 is 0 Å². The van der Waals surface area contributed by atoms with E-state index < -0.39 is 23.6 Å². The SMILES string of the molecule is O=[N+]([O-])C[C@@H](CCc1ccccc1)C(F)(F)F. The second-order valence-corrected chi connectivity index (χ2v) is 3.78. The van der Waals surface area contributed by atoms with Crippen LogP contribution in [0.4, 0.5) is 13.2 Å². The van der Waals surface area contributed by atoms with Crippen LogP contribution >= 0.6 is 0 Å². The van der Waals surface area contributed by atoms with Gasteiger partial charge in [-0.05, 0) is 18.4 Å². The van der Waals surface area contributed by atoms with Gasteiger partial charge in [-0.15, -0.1) is 0 Å². The van der Waals surface area contributed by atoms with Gasteiger partial charge in [0.15, 0.2) is 0 Å². The first-order valence-corrected chi connectivity index (χ1v) is 5.12. The maximum Gasteiger partial charge on any atom is 0.398 e. The molecule has 0 bridgehead atoms. The van der Waals surface area contributed by atoms with Crippen molar-refractivity contribution in [2.24, 2.45) is 5.92 Å². The predicted molar refractivity (Wildman–Crippen MR) is 56.2 cm³/mol. The predicted octanol–water partition coefficient (Wildman–Crippen LogP) is 3.07. The number of benzene rings is 1. The van der Waals surface area contributed by atoms with Gasteiger partial charge in [0.2, 0.25) is 6.54 Å². The molecule has 1 aromatic carbocycles. The first kappa shape index (κ1) is 13.5. The average Bonchev–Trinajstić information content (AvgIpc) is 2.23. The van der Waals surface area contributed by atoms with E-state index in [1.807, 2.05) is 0 Å². The molecule has 0 aliphatic heterocycles. The molecule has 94 valence electrons. The van der Waals surface area contributed by atoms with Gasteiger partial charge in [0, 0.05) is 4.92 Å². The number of rotatable bonds is 5. The number of alkyl halides is 3. The number of hydrogen-bond donors (Lipinski definition) is 0. The fourth-order valence-electron chi connectivity index (χ4n) is 1.52. The van der Waals surface area contributed by atoms with Gasteiger partial charge in [0.1, 0.15) is 5.92 Å². The number of halogens is 3. The average molecular weight is 247 g/mol. The lowest BCUT2D eigenvalue weighted by Crippen LogP contribution is -2.30. The van der Waals surface area contributed by atoms with Gasteiger partial charge in [-0.1, -0.05) is 30.3 Å². The smallest absolute Gasteiger partial charge is 0.265 e. The Morgan fingerprint density at radius 3 is 2.29 bits per heavy atom. The van der Waals surface area contributed by atoms with Crippen molar-refractivity contribution in [2.75, 3.05) is 6.54 Å². The largest absolute Gasteiger partial charge is 0.398 e. The summed E-state index contributed by atoms with van der Waals surface area (Å²) in [5, 5.41) is 10.2. The van der Waals surface area contributed by atoms with Crippen LogP contribution in [0.1, 0.15) is 12.0 Å². The third-order valence-electron chi connectivity index (χ3n) is 2.46. The molecule has 17 heavy (non-hydrogen) atoms. The van der Waals surface area contributed by atoms with Crippen LogP contribution in [0.25, 0.3) is 0 Å². The van der Waals surface area contributed by atoms with E-state index in [4.69, 9.17) is 0 Å². The highest BCUT2D eigenvalue weighted by molar-refractivity contribution is 5.14. The summed E-state index contributed by atoms with van der Waals surface area (Å²) < 4.78 is 37.4. The van der Waals surface area contributed by atoms with Crippen LogP contribution in [-0.4, -0.2) is 17.6 Å². The Hall–Kier alpha value is -1.59. The van der Waals surface area contributed by atoms with E-state index in [0.717, 1.165) is 5.56 Å². The first-order valence-electron chi connectivity index (χ1n) is 5.12. The lowest BCUT2D eigenvalue weighted by molar-refractivity contribution is -0.497. The quantitative estimate of drug-likeness (QED) is 0.592. The van der Waals surface area contributed by atoms with Crippen molar-refractivity contribution in [3.63, 3.8) is 0 Å². The summed E-state index contributed by atoms with van der Waals surface area (Å²) in [7, 11) is 0. The molecule has 1 atom stereocenters. The normalized spacial score (nSPS) is 13.4. The van der Waals surface area contributed by atoms with Gasteiger partial charge >= 0.3 is 6.18 Å². The molecule has 0 saturated carbocycles. The molecule has 0 aromatic heterocycles. The molecular formula is C11H12F3NO2. The van der Waals surface area contributed by atoms with E-state index in [1.165, 1.54) is 0 Å². The van der Waals surface area contributed by atoms with E-state index in [2.05, 4.69) is 0 Å². The zero-order valence-electron chi connectivity index (χ0n) is 8.98. The standard InChI is InChI=1S/C11H12F3NO2/c12-11(13,14)10(8-15(16)17)7-6-9-4-2-1-3-5-9/h1-5,10H,6-8H2/t10-/m1/s1. The number of aryl methyl sites for hydroxylation is 1. The topological polar surface area (TPSA) is 43.1 Å². The van der Waals surface area contributed by atoms with Crippen LogP contribution in [0, 0.1) is 16.0 Å². The highest BCUT2D eigenvalue weighted by Gasteiger charge is 2.42. The van der Waals surface area contributed by atoms with Crippen LogP contribution in [-0.2, 0) is 6.42 Å². The van der Waals surface area contributed by atoms with E-state index in [0.29, 0.717) is 0 Å². The van der Waals surface area contributed by atoms with Gasteiger partial charge in [0.25, 0.3) is 0 Å². The van der Waals surface area contributed by atoms with Crippen molar-refractivity contribution in [2.45, 2.75) is 19.0 Å². The minimum Gasteiger partial charge on any atom is -0.265 e. The Kier molecular flexibility index (Phi) is 4.48. The fraction of sp³-hybridized carbons (Fsp3) is 0.455. The molecule has 0 N–H and O–H groups in total. The molecular weight excluding hydrogens is 235 g/mol. The number of nitrogens with zero attached hydrogens (tertiary/aromatic N) is 1. The summed E-state index contributed by atoms with van der Waals surface area (Å²) in [5.41, 5.74) is 0.755. The Bertz CT molecular complexity index is 365. The molecule has 0 radical (unpaired) electrons. The molecule has 0 aliphatic rings. The molecule has 6 heteroatoms. The molecule has 1 rings (SSSR count). The second-order valence-electron chi connectivity index (χ2n) is 3.78. The Labute approximate surface area is 96.4 Å². The van der Waals surface area contributed by atoms with Crippen molar-refractivity contribution >= 4 is 0 Å². The Morgan fingerprint density at radius 1 is 1.24 bits per heavy atom. The zero-order chi connectivity index (χ0) is 12.9. The van der Waals surface area contributed by atoms with Crippen molar-refractivity contribution in [1.29, 1.82) is 0 Å². The van der Waals surface area contributed by atoms with Crippen LogP contribution in [0.15, 0.2) is 30.3 Å². The number of nitro groups is 1. The van der Waals surface area contributed by atoms with Gasteiger partial charge < -0.3 is 0 Å². The summed E-state index contributed by atoms with van der Waals surface area (Å²) in [6.07, 6.45) is -4.57. The summed E-state index contributed by atoms with van der Waals surface area (Å²) in [6, 6.07) is 8.64. The maximum atomic E-state index is 12.5. The maximum absolute atomic E-state index is 12.5. The molecule has 0 fully saturated rings. The van der Waals surface area contributed by atoms with E-state index in [9.17, 15) is 23.3 Å². The van der Waals surface area contributed by atoms with Crippen molar-refractivity contribution in [1.82, 2.24) is 0 Å². The summed E-state index contributed by atoms with van der Waals surface area (Å²) >= 11 is 0. The minimum atomic E-state index is -4.51. The van der Waals surface area contributed by atoms with Gasteiger partial charge in [-0.3, -0.25) is 10.1 Å². The molecule has 0 amide bonds. The molecule has 1 aromatic rings. The van der Waals surface area contributed by atoms with Crippen molar-refractivity contribution < 1.29 is 18.1 Å². The number of hydrogen-bond acceptors (Lipinski definition) is 2. The first-order chi connectivity index (χ1) is 7.89. The third-order valence-corrected chi connectivity index (χ3v) is 2.46. The van der Waals surface area contributed by atoms with E-state index in [-0.39, 0.29) is 12.8 Å². The summed E-state index contributed by atoms with van der Waals surface area (Å²) in [5.74, 6) is -1.88. The van der Waals surface area contributed by atoms with Gasteiger partial charge in [-0.25, -0.2) is 0 Å². The molecule has 0 unspecified atom stereocenters. The summed E-state index contributed by atoms with van der Waals surface area (Å²) in [6.45, 7) is -1.06. The zero-order valence-corrected chi connectivity index (χ0v) is 8.98. The molecule has 3 nitrogen and oxygen atoms in total. The van der Waals surface area contributed by atoms with Crippen molar-refractivity contribution in [3.05, 3.63) is 46.0 Å². The van der Waals surface area contributed by atoms with E-state index in [1.54, 1.807) is 30.3 Å². The van der Waals surface area contributed by atoms with Crippen LogP contribution in [0.5, 0.6) is 0 Å². The molecule has 0 spiro atoms.